The van der Waals surface area contributed by atoms with E-state index in [0.717, 1.165) is 0 Å². The summed E-state index contributed by atoms with van der Waals surface area (Å²) in [4.78, 5) is 22.1. The number of carbonyl (C=O) groups is 2. The Kier molecular flexibility index (Phi) is 4.68. The average molecular weight is 274 g/mol. The van der Waals surface area contributed by atoms with Gasteiger partial charge in [-0.05, 0) is 6.92 Å². The summed E-state index contributed by atoms with van der Waals surface area (Å²) in [7, 11) is 0. The zero-order chi connectivity index (χ0) is 14.6. The topological polar surface area (TPSA) is 52.6 Å². The van der Waals surface area contributed by atoms with Crippen LogP contribution in [-0.4, -0.2) is 18.5 Å². The fraction of sp³-hybridized carbons (Fsp3) is 0.167. The lowest BCUT2D eigenvalue weighted by atomic mass is 10.3. The van der Waals surface area contributed by atoms with Crippen molar-refractivity contribution >= 4 is 11.9 Å². The van der Waals surface area contributed by atoms with E-state index in [4.69, 9.17) is 0 Å². The first-order chi connectivity index (χ1) is 8.81. The minimum Gasteiger partial charge on any atom is -0.450 e. The van der Waals surface area contributed by atoms with Crippen molar-refractivity contribution in [3.05, 3.63) is 41.7 Å². The highest BCUT2D eigenvalue weighted by molar-refractivity contribution is 5.88. The Morgan fingerprint density at radius 2 is 1.74 bits per heavy atom. The molecule has 102 valence electrons. The minimum absolute atomic E-state index is 0.0481. The molecule has 0 atom stereocenters. The number of ether oxygens (including phenoxy) is 2. The second-order valence-corrected chi connectivity index (χ2v) is 3.53. The van der Waals surface area contributed by atoms with Crippen molar-refractivity contribution in [2.75, 3.05) is 6.61 Å². The van der Waals surface area contributed by atoms with Gasteiger partial charge in [0, 0.05) is 17.7 Å². The normalized spacial score (nSPS) is 9.89. The number of hydrogen-bond acceptors (Lipinski definition) is 4. The van der Waals surface area contributed by atoms with Gasteiger partial charge in [0.05, 0.1) is 0 Å². The van der Waals surface area contributed by atoms with Gasteiger partial charge in [-0.25, -0.2) is 22.8 Å². The maximum Gasteiger partial charge on any atom is 0.349 e. The van der Waals surface area contributed by atoms with Gasteiger partial charge in [-0.1, -0.05) is 6.58 Å². The molecule has 0 radical (unpaired) electrons. The molecule has 0 bridgehead atoms. The van der Waals surface area contributed by atoms with Crippen LogP contribution in [0.3, 0.4) is 0 Å². The molecule has 7 heteroatoms. The van der Waals surface area contributed by atoms with E-state index < -0.39 is 41.7 Å². The molecule has 0 aliphatic carbocycles. The van der Waals surface area contributed by atoms with Crippen molar-refractivity contribution in [1.29, 1.82) is 0 Å². The predicted octanol–water partition coefficient (Wildman–Crippen LogP) is 2.13. The largest absolute Gasteiger partial charge is 0.450 e. The molecule has 0 aliphatic rings. The quantitative estimate of drug-likeness (QED) is 0.479. The molecular formula is C12H9F3O4. The Balaban J connectivity index is 2.68. The molecule has 0 amide bonds. The van der Waals surface area contributed by atoms with E-state index in [1.54, 1.807) is 0 Å². The first-order valence-corrected chi connectivity index (χ1v) is 4.99. The number of carbonyl (C=O) groups excluding carboxylic acids is 2. The SMILES string of the molecule is C=C(C)C(=O)OCC(=O)Oc1c(F)cc(F)cc1F. The lowest BCUT2D eigenvalue weighted by molar-refractivity contribution is -0.151. The molecule has 0 fully saturated rings. The van der Waals surface area contributed by atoms with Gasteiger partial charge in [-0.3, -0.25) is 0 Å². The summed E-state index contributed by atoms with van der Waals surface area (Å²) in [6, 6.07) is 0.706. The smallest absolute Gasteiger partial charge is 0.349 e. The highest BCUT2D eigenvalue weighted by Gasteiger charge is 2.17. The third kappa shape index (κ3) is 4.13. The van der Waals surface area contributed by atoms with Crippen LogP contribution in [0.15, 0.2) is 24.3 Å². The van der Waals surface area contributed by atoms with Crippen LogP contribution < -0.4 is 4.74 Å². The van der Waals surface area contributed by atoms with Crippen molar-refractivity contribution in [3.8, 4) is 5.75 Å². The molecule has 0 N–H and O–H groups in total. The Morgan fingerprint density at radius 3 is 2.21 bits per heavy atom. The molecule has 0 heterocycles. The number of esters is 2. The van der Waals surface area contributed by atoms with Crippen molar-refractivity contribution in [2.24, 2.45) is 0 Å². The van der Waals surface area contributed by atoms with Gasteiger partial charge in [0.15, 0.2) is 18.2 Å². The van der Waals surface area contributed by atoms with Crippen LogP contribution in [0, 0.1) is 17.5 Å². The van der Waals surface area contributed by atoms with Gasteiger partial charge in [-0.15, -0.1) is 0 Å². The Hall–Kier alpha value is -2.31. The summed E-state index contributed by atoms with van der Waals surface area (Å²) in [5.74, 6) is -7.02. The molecule has 1 aromatic rings. The van der Waals surface area contributed by atoms with E-state index in [9.17, 15) is 22.8 Å². The van der Waals surface area contributed by atoms with E-state index >= 15 is 0 Å². The van der Waals surface area contributed by atoms with E-state index in [1.165, 1.54) is 6.92 Å². The number of hydrogen-bond donors (Lipinski definition) is 0. The molecule has 4 nitrogen and oxygen atoms in total. The maximum absolute atomic E-state index is 13.1. The molecular weight excluding hydrogens is 265 g/mol. The minimum atomic E-state index is -1.38. The molecule has 0 aliphatic heterocycles. The molecule has 1 rings (SSSR count). The standard InChI is InChI=1S/C12H9F3O4/c1-6(2)12(17)18-5-10(16)19-11-8(14)3-7(13)4-9(11)15/h3-4H,1,5H2,2H3. The zero-order valence-corrected chi connectivity index (χ0v) is 9.84. The van der Waals surface area contributed by atoms with Crippen molar-refractivity contribution < 1.29 is 32.2 Å². The van der Waals surface area contributed by atoms with Crippen LogP contribution in [0.4, 0.5) is 13.2 Å². The van der Waals surface area contributed by atoms with Crippen LogP contribution >= 0.6 is 0 Å². The first kappa shape index (κ1) is 14.7. The second kappa shape index (κ2) is 6.03. The van der Waals surface area contributed by atoms with Crippen LogP contribution in [0.5, 0.6) is 5.75 Å². The van der Waals surface area contributed by atoms with Gasteiger partial charge in [-0.2, -0.15) is 0 Å². The monoisotopic (exact) mass is 274 g/mol. The molecule has 0 saturated carbocycles. The van der Waals surface area contributed by atoms with Gasteiger partial charge >= 0.3 is 11.9 Å². The van der Waals surface area contributed by atoms with E-state index in [0.29, 0.717) is 12.1 Å². The van der Waals surface area contributed by atoms with Gasteiger partial charge in [0.2, 0.25) is 5.75 Å². The third-order valence-electron chi connectivity index (χ3n) is 1.85. The van der Waals surface area contributed by atoms with Crippen molar-refractivity contribution in [3.63, 3.8) is 0 Å². The first-order valence-electron chi connectivity index (χ1n) is 4.99. The molecule has 0 saturated heterocycles. The third-order valence-corrected chi connectivity index (χ3v) is 1.85. The lowest BCUT2D eigenvalue weighted by Gasteiger charge is -2.07. The Morgan fingerprint density at radius 1 is 1.21 bits per heavy atom. The summed E-state index contributed by atoms with van der Waals surface area (Å²) in [6.45, 7) is 3.78. The summed E-state index contributed by atoms with van der Waals surface area (Å²) < 4.78 is 47.5. The van der Waals surface area contributed by atoms with Crippen LogP contribution in [0.25, 0.3) is 0 Å². The average Bonchev–Trinajstić information content (AvgIpc) is 2.30. The summed E-state index contributed by atoms with van der Waals surface area (Å²) >= 11 is 0. The van der Waals surface area contributed by atoms with Gasteiger partial charge in [0.1, 0.15) is 5.82 Å². The Labute approximate surface area is 106 Å². The van der Waals surface area contributed by atoms with Crippen molar-refractivity contribution in [2.45, 2.75) is 6.92 Å². The van der Waals surface area contributed by atoms with Crippen LogP contribution in [-0.2, 0) is 14.3 Å². The predicted molar refractivity (Wildman–Crippen MR) is 57.7 cm³/mol. The fourth-order valence-corrected chi connectivity index (χ4v) is 1.02. The highest BCUT2D eigenvalue weighted by Crippen LogP contribution is 2.22. The molecule has 19 heavy (non-hydrogen) atoms. The zero-order valence-electron chi connectivity index (χ0n) is 9.84. The number of benzene rings is 1. The van der Waals surface area contributed by atoms with Crippen molar-refractivity contribution in [1.82, 2.24) is 0 Å². The summed E-state index contributed by atoms with van der Waals surface area (Å²) in [5, 5.41) is 0. The molecule has 1 aromatic carbocycles. The fourth-order valence-electron chi connectivity index (χ4n) is 1.02. The van der Waals surface area contributed by atoms with E-state index in [2.05, 4.69) is 16.1 Å². The van der Waals surface area contributed by atoms with Crippen LogP contribution in [0.2, 0.25) is 0 Å². The van der Waals surface area contributed by atoms with Gasteiger partial charge in [0.25, 0.3) is 0 Å². The molecule has 0 unspecified atom stereocenters. The van der Waals surface area contributed by atoms with Gasteiger partial charge < -0.3 is 9.47 Å². The molecule has 0 spiro atoms. The second-order valence-electron chi connectivity index (χ2n) is 3.53. The van der Waals surface area contributed by atoms with E-state index in [-0.39, 0.29) is 5.57 Å². The summed E-state index contributed by atoms with van der Waals surface area (Å²) in [6.07, 6.45) is 0. The highest BCUT2D eigenvalue weighted by atomic mass is 19.1. The summed E-state index contributed by atoms with van der Waals surface area (Å²) in [5.41, 5.74) is 0.0481. The Bertz CT molecular complexity index is 517. The van der Waals surface area contributed by atoms with Crippen LogP contribution in [0.1, 0.15) is 6.92 Å². The lowest BCUT2D eigenvalue weighted by Crippen LogP contribution is -2.20. The number of rotatable bonds is 4. The molecule has 0 aromatic heterocycles. The van der Waals surface area contributed by atoms with E-state index in [1.807, 2.05) is 0 Å². The number of halogens is 3. The maximum atomic E-state index is 13.1.